The van der Waals surface area contributed by atoms with E-state index in [-0.39, 0.29) is 54.2 Å². The Kier molecular flexibility index (Phi) is 7.27. The van der Waals surface area contributed by atoms with Crippen molar-refractivity contribution in [1.82, 2.24) is 39.4 Å². The molecule has 1 atom stereocenters. The normalized spacial score (nSPS) is 17.1. The summed E-state index contributed by atoms with van der Waals surface area (Å²) in [7, 11) is 0. The molecule has 0 aromatic carbocycles. The van der Waals surface area contributed by atoms with Gasteiger partial charge in [0.15, 0.2) is 11.5 Å². The number of aromatic nitrogens is 7. The molecule has 0 N–H and O–H groups in total. The maximum absolute atomic E-state index is 15.9. The lowest BCUT2D eigenvalue weighted by Gasteiger charge is -2.41. The summed E-state index contributed by atoms with van der Waals surface area (Å²) in [6.07, 6.45) is 9.03. The van der Waals surface area contributed by atoms with Gasteiger partial charge in [0, 0.05) is 25.8 Å². The molecule has 0 radical (unpaired) electrons. The molecule has 6 heterocycles. The van der Waals surface area contributed by atoms with E-state index in [0.29, 0.717) is 36.3 Å². The number of anilines is 1. The minimum absolute atomic E-state index is 0.0444. The van der Waals surface area contributed by atoms with E-state index in [1.807, 2.05) is 37.0 Å². The molecule has 0 aliphatic carbocycles. The second-order valence-corrected chi connectivity index (χ2v) is 10.8. The predicted octanol–water partition coefficient (Wildman–Crippen LogP) is 2.93. The quantitative estimate of drug-likeness (QED) is 0.263. The Balaban J connectivity index is 1.63. The van der Waals surface area contributed by atoms with Crippen LogP contribution in [0.5, 0.6) is 0 Å². The van der Waals surface area contributed by atoms with Crippen LogP contribution in [0.25, 0.3) is 28.1 Å². The maximum Gasteiger partial charge on any atom is 0.355 e. The highest BCUT2D eigenvalue weighted by Crippen LogP contribution is 2.33. The smallest absolute Gasteiger partial charge is 0.352 e. The van der Waals surface area contributed by atoms with Crippen LogP contribution in [0.3, 0.4) is 0 Å². The van der Waals surface area contributed by atoms with Gasteiger partial charge in [0.25, 0.3) is 0 Å². The number of piperazine rings is 1. The van der Waals surface area contributed by atoms with Gasteiger partial charge in [0.1, 0.15) is 17.2 Å². The molecule has 1 amide bonds. The van der Waals surface area contributed by atoms with E-state index in [9.17, 15) is 14.9 Å². The molecule has 4 bridgehead atoms. The number of carbonyl (C=O) groups excluding carboxylic acids is 1. The summed E-state index contributed by atoms with van der Waals surface area (Å²) in [6, 6.07) is 4.84. The van der Waals surface area contributed by atoms with Crippen molar-refractivity contribution in [3.63, 3.8) is 0 Å². The fraction of sp³-hybridized carbons (Fsp3) is 0.333. The third-order valence-electron chi connectivity index (χ3n) is 7.75. The molecule has 1 saturated heterocycles. The molecule has 6 rings (SSSR count). The molecule has 13 heteroatoms. The van der Waals surface area contributed by atoms with Crippen molar-refractivity contribution in [3.8, 4) is 23.1 Å². The highest BCUT2D eigenvalue weighted by molar-refractivity contribution is 5.91. The zero-order valence-electron chi connectivity index (χ0n) is 23.8. The number of nitrogens with zero attached hydrogens (tertiary/aromatic N) is 10. The summed E-state index contributed by atoms with van der Waals surface area (Å²) in [4.78, 5) is 43.8. The summed E-state index contributed by atoms with van der Waals surface area (Å²) in [5, 5.41) is 18.0. The number of carbonyl (C=O) groups is 1. The fourth-order valence-corrected chi connectivity index (χ4v) is 5.71. The Morgan fingerprint density at radius 3 is 2.88 bits per heavy atom. The van der Waals surface area contributed by atoms with Gasteiger partial charge in [0.2, 0.25) is 5.91 Å². The van der Waals surface area contributed by atoms with Gasteiger partial charge in [-0.1, -0.05) is 37.8 Å². The number of rotatable bonds is 4. The molecule has 2 aliphatic heterocycles. The lowest BCUT2D eigenvalue weighted by molar-refractivity contribution is -0.128. The third-order valence-corrected chi connectivity index (χ3v) is 7.75. The van der Waals surface area contributed by atoms with Crippen LogP contribution >= 0.6 is 0 Å². The van der Waals surface area contributed by atoms with Crippen LogP contribution < -0.4 is 10.6 Å². The third kappa shape index (κ3) is 4.94. The second-order valence-electron chi connectivity index (χ2n) is 10.8. The molecule has 2 aliphatic rings. The van der Waals surface area contributed by atoms with Crippen LogP contribution in [-0.2, 0) is 17.8 Å². The molecule has 0 saturated carbocycles. The Morgan fingerprint density at radius 1 is 1.28 bits per heavy atom. The lowest BCUT2D eigenvalue weighted by Crippen LogP contribution is -2.55. The van der Waals surface area contributed by atoms with Crippen molar-refractivity contribution >= 4 is 22.8 Å². The summed E-state index contributed by atoms with van der Waals surface area (Å²) in [5.41, 5.74) is 1.85. The molecule has 218 valence electrons. The number of fused-ring (bicyclic) bond motifs is 6. The monoisotopic (exact) mass is 580 g/mol. The number of pyridine rings is 2. The van der Waals surface area contributed by atoms with Crippen LogP contribution in [0.2, 0.25) is 0 Å². The van der Waals surface area contributed by atoms with E-state index >= 15 is 4.39 Å². The molecule has 12 nitrogen and oxygen atoms in total. The summed E-state index contributed by atoms with van der Waals surface area (Å²) >= 11 is 0. The molecule has 1 fully saturated rings. The lowest BCUT2D eigenvalue weighted by atomic mass is 10.0. The fourth-order valence-electron chi connectivity index (χ4n) is 5.71. The highest BCUT2D eigenvalue weighted by atomic mass is 19.1. The van der Waals surface area contributed by atoms with Gasteiger partial charge < -0.3 is 9.80 Å². The average molecular weight is 581 g/mol. The minimum atomic E-state index is -0.650. The van der Waals surface area contributed by atoms with Crippen molar-refractivity contribution < 1.29 is 9.18 Å². The van der Waals surface area contributed by atoms with E-state index in [0.717, 1.165) is 5.56 Å². The van der Waals surface area contributed by atoms with Crippen molar-refractivity contribution in [2.75, 3.05) is 24.5 Å². The Hall–Kier alpha value is -5.25. The molecule has 4 aromatic heterocycles. The first-order valence-corrected chi connectivity index (χ1v) is 14.0. The van der Waals surface area contributed by atoms with Gasteiger partial charge in [0.05, 0.1) is 48.0 Å². The van der Waals surface area contributed by atoms with E-state index in [2.05, 4.69) is 32.9 Å². The van der Waals surface area contributed by atoms with E-state index in [1.54, 1.807) is 22.0 Å². The first kappa shape index (κ1) is 27.9. The van der Waals surface area contributed by atoms with Gasteiger partial charge in [-0.15, -0.1) is 5.10 Å². The first-order valence-electron chi connectivity index (χ1n) is 14.0. The zero-order chi connectivity index (χ0) is 30.2. The van der Waals surface area contributed by atoms with Crippen LogP contribution in [0.1, 0.15) is 37.4 Å². The van der Waals surface area contributed by atoms with Crippen LogP contribution in [0, 0.1) is 17.1 Å². The van der Waals surface area contributed by atoms with Crippen molar-refractivity contribution in [1.29, 1.82) is 5.26 Å². The van der Waals surface area contributed by atoms with Gasteiger partial charge in [-0.25, -0.2) is 23.4 Å². The van der Waals surface area contributed by atoms with Crippen molar-refractivity contribution in [2.45, 2.75) is 45.2 Å². The van der Waals surface area contributed by atoms with Gasteiger partial charge >= 0.3 is 5.69 Å². The Labute approximate surface area is 246 Å². The van der Waals surface area contributed by atoms with Crippen molar-refractivity contribution in [2.24, 2.45) is 0 Å². The Bertz CT molecular complexity index is 1890. The standard InChI is InChI=1S/C30H29FN10O2/c1-4-24(42)40-14-13-38(16-20(40)8-10-32)28-21-15-22(31)26-23-17-39(37-36-23)12-6-5-7-19-9-11-33-25(18(2)3)27(19)41(29(21)34-26)30(43)35-28/h4-6,9,11,15,17-18,20H,1,7-8,12-14,16H2,2-3H3/b6-5-. The number of nitriles is 1. The average Bonchev–Trinajstić information content (AvgIpc) is 3.47. The van der Waals surface area contributed by atoms with E-state index in [1.165, 1.54) is 16.7 Å². The van der Waals surface area contributed by atoms with Crippen LogP contribution in [0.4, 0.5) is 10.2 Å². The van der Waals surface area contributed by atoms with Crippen LogP contribution in [0.15, 0.2) is 54.1 Å². The molecular weight excluding hydrogens is 551 g/mol. The summed E-state index contributed by atoms with van der Waals surface area (Å²) < 4.78 is 18.9. The maximum atomic E-state index is 15.9. The zero-order valence-corrected chi connectivity index (χ0v) is 23.8. The highest BCUT2D eigenvalue weighted by Gasteiger charge is 2.32. The predicted molar refractivity (Wildman–Crippen MR) is 157 cm³/mol. The molecule has 43 heavy (non-hydrogen) atoms. The second kappa shape index (κ2) is 11.2. The summed E-state index contributed by atoms with van der Waals surface area (Å²) in [6.45, 7) is 8.78. The first-order chi connectivity index (χ1) is 20.8. The number of allylic oxidation sites excluding steroid dienone is 2. The minimum Gasteiger partial charge on any atom is -0.352 e. The Morgan fingerprint density at radius 2 is 2.12 bits per heavy atom. The molecule has 1 unspecified atom stereocenters. The molecular formula is C30H29FN10O2. The summed E-state index contributed by atoms with van der Waals surface area (Å²) in [5.74, 6) is -0.748. The van der Waals surface area contributed by atoms with Gasteiger partial charge in [-0.3, -0.25) is 9.78 Å². The van der Waals surface area contributed by atoms with Gasteiger partial charge in [-0.05, 0) is 36.1 Å². The number of halogens is 1. The largest absolute Gasteiger partial charge is 0.355 e. The SMILES string of the molecule is C=CC(=O)N1CCN(c2nc(=O)n3c4nc(c(F)cc24)-c2cn(nn2)C/C=C\Cc2ccnc(C(C)C)c2-3)CC1CC#N. The van der Waals surface area contributed by atoms with Gasteiger partial charge in [-0.2, -0.15) is 10.2 Å². The number of amides is 1. The molecule has 0 spiro atoms. The van der Waals surface area contributed by atoms with E-state index in [4.69, 9.17) is 4.98 Å². The topological polar surface area (TPSA) is 139 Å². The molecule has 4 aromatic rings. The van der Waals surface area contributed by atoms with E-state index < -0.39 is 17.5 Å². The van der Waals surface area contributed by atoms with Crippen molar-refractivity contribution in [3.05, 3.63) is 76.9 Å². The van der Waals surface area contributed by atoms with Crippen LogP contribution in [-0.4, -0.2) is 71.0 Å². The number of hydrogen-bond donors (Lipinski definition) is 0. The number of hydrogen-bond acceptors (Lipinski definition) is 9.